The molecule has 0 bridgehead atoms. The van der Waals surface area contributed by atoms with Gasteiger partial charge in [0.1, 0.15) is 5.82 Å². The Kier molecular flexibility index (Phi) is 4.90. The van der Waals surface area contributed by atoms with Crippen LogP contribution in [0.1, 0.15) is 16.5 Å². The van der Waals surface area contributed by atoms with Crippen LogP contribution < -0.4 is 5.32 Å². The summed E-state index contributed by atoms with van der Waals surface area (Å²) in [5.41, 5.74) is 0.841. The number of nitrogens with zero attached hydrogens (tertiary/aromatic N) is 1. The minimum Gasteiger partial charge on any atom is -0.333 e. The van der Waals surface area contributed by atoms with Crippen molar-refractivity contribution < 1.29 is 9.18 Å². The Morgan fingerprint density at radius 2 is 2.27 bits per heavy atom. The summed E-state index contributed by atoms with van der Waals surface area (Å²) >= 11 is 4.99. The van der Waals surface area contributed by atoms with E-state index in [9.17, 15) is 9.18 Å². The van der Waals surface area contributed by atoms with Gasteiger partial charge in [0.2, 0.25) is 5.91 Å². The van der Waals surface area contributed by atoms with Gasteiger partial charge in [-0.25, -0.2) is 4.39 Å². The molecule has 1 saturated heterocycles. The van der Waals surface area contributed by atoms with E-state index < -0.39 is 0 Å². The molecule has 6 heteroatoms. The summed E-state index contributed by atoms with van der Waals surface area (Å²) < 4.78 is 14.5. The number of thiophene rings is 1. The number of nitrogens with one attached hydrogen (secondary N) is 1. The molecule has 1 aliphatic heterocycles. The first-order chi connectivity index (χ1) is 10.6. The minimum absolute atomic E-state index is 0.0881. The Hall–Kier alpha value is -1.24. The molecule has 116 valence electrons. The zero-order valence-electron chi connectivity index (χ0n) is 11.9. The Morgan fingerprint density at radius 1 is 1.41 bits per heavy atom. The van der Waals surface area contributed by atoms with E-state index in [4.69, 9.17) is 0 Å². The first-order valence-corrected chi connectivity index (χ1v) is 8.74. The van der Waals surface area contributed by atoms with E-state index in [1.165, 1.54) is 12.1 Å². The van der Waals surface area contributed by atoms with Crippen LogP contribution in [0.15, 0.2) is 40.2 Å². The molecule has 3 nitrogen and oxygen atoms in total. The Labute approximate surface area is 141 Å². The largest absolute Gasteiger partial charge is 0.333 e. The predicted molar refractivity (Wildman–Crippen MR) is 89.4 cm³/mol. The van der Waals surface area contributed by atoms with Gasteiger partial charge < -0.3 is 10.2 Å². The van der Waals surface area contributed by atoms with Crippen molar-refractivity contribution >= 4 is 33.2 Å². The molecule has 1 amide bonds. The lowest BCUT2D eigenvalue weighted by atomic mass is 10.0. The third-order valence-corrected chi connectivity index (χ3v) is 5.38. The first kappa shape index (κ1) is 15.6. The summed E-state index contributed by atoms with van der Waals surface area (Å²) in [4.78, 5) is 15.5. The predicted octanol–water partition coefficient (Wildman–Crippen LogP) is 3.37. The van der Waals surface area contributed by atoms with Crippen LogP contribution >= 0.6 is 27.3 Å². The third-order valence-electron chi connectivity index (χ3n) is 3.75. The summed E-state index contributed by atoms with van der Waals surface area (Å²) in [5.74, 6) is -0.178. The molecule has 1 N–H and O–H groups in total. The fourth-order valence-corrected chi connectivity index (χ4v) is 4.19. The number of hydrogen-bond donors (Lipinski definition) is 1. The van der Waals surface area contributed by atoms with Crippen molar-refractivity contribution in [3.8, 4) is 0 Å². The molecule has 1 aromatic heterocycles. The molecule has 22 heavy (non-hydrogen) atoms. The van der Waals surface area contributed by atoms with Gasteiger partial charge in [-0.05, 0) is 45.8 Å². The van der Waals surface area contributed by atoms with E-state index in [0.29, 0.717) is 19.5 Å². The molecule has 1 atom stereocenters. The highest BCUT2D eigenvalue weighted by molar-refractivity contribution is 9.11. The van der Waals surface area contributed by atoms with Crippen LogP contribution in [0, 0.1) is 5.82 Å². The second-order valence-corrected chi connectivity index (χ2v) is 7.79. The second-order valence-electron chi connectivity index (χ2n) is 5.24. The van der Waals surface area contributed by atoms with E-state index in [-0.39, 0.29) is 17.8 Å². The van der Waals surface area contributed by atoms with Crippen molar-refractivity contribution in [1.29, 1.82) is 0 Å². The quantitative estimate of drug-likeness (QED) is 0.882. The molecule has 2 aromatic rings. The SMILES string of the molecule is O=C(Cc1ccc(Br)s1)N1CCNCC1c1cccc(F)c1. The molecule has 2 heterocycles. The summed E-state index contributed by atoms with van der Waals surface area (Å²) in [6.07, 6.45) is 0.391. The van der Waals surface area contributed by atoms with Crippen molar-refractivity contribution in [3.05, 3.63) is 56.4 Å². The van der Waals surface area contributed by atoms with Crippen molar-refractivity contribution in [2.45, 2.75) is 12.5 Å². The highest BCUT2D eigenvalue weighted by Gasteiger charge is 2.28. The molecule has 0 saturated carbocycles. The number of carbonyl (C=O) groups is 1. The number of halogens is 2. The number of benzene rings is 1. The van der Waals surface area contributed by atoms with Crippen LogP contribution in [0.3, 0.4) is 0 Å². The Morgan fingerprint density at radius 3 is 3.00 bits per heavy atom. The maximum atomic E-state index is 13.5. The van der Waals surface area contributed by atoms with Gasteiger partial charge >= 0.3 is 0 Å². The van der Waals surface area contributed by atoms with Gasteiger partial charge in [0.15, 0.2) is 0 Å². The highest BCUT2D eigenvalue weighted by Crippen LogP contribution is 2.26. The maximum Gasteiger partial charge on any atom is 0.228 e. The molecule has 0 aliphatic carbocycles. The van der Waals surface area contributed by atoms with Gasteiger partial charge in [0.25, 0.3) is 0 Å². The van der Waals surface area contributed by atoms with E-state index in [1.54, 1.807) is 17.4 Å². The second kappa shape index (κ2) is 6.89. The standard InChI is InChI=1S/C16H16BrFN2OS/c17-15-5-4-13(22-15)9-16(21)20-7-6-19-10-14(20)11-2-1-3-12(18)8-11/h1-5,8,14,19H,6-7,9-10H2. The monoisotopic (exact) mass is 382 g/mol. The molecule has 3 rings (SSSR count). The number of carbonyl (C=O) groups excluding carboxylic acids is 1. The zero-order valence-corrected chi connectivity index (χ0v) is 14.3. The normalized spacial score (nSPS) is 18.5. The lowest BCUT2D eigenvalue weighted by Gasteiger charge is -2.36. The van der Waals surface area contributed by atoms with Crippen LogP contribution in [0.2, 0.25) is 0 Å². The summed E-state index contributed by atoms with van der Waals surface area (Å²) in [5, 5.41) is 3.28. The minimum atomic E-state index is -0.266. The van der Waals surface area contributed by atoms with Gasteiger partial charge in [-0.1, -0.05) is 12.1 Å². The lowest BCUT2D eigenvalue weighted by molar-refractivity contribution is -0.133. The van der Waals surface area contributed by atoms with Crippen LogP contribution in [0.25, 0.3) is 0 Å². The van der Waals surface area contributed by atoms with Crippen LogP contribution in [0.5, 0.6) is 0 Å². The first-order valence-electron chi connectivity index (χ1n) is 7.13. The van der Waals surface area contributed by atoms with E-state index >= 15 is 0 Å². The van der Waals surface area contributed by atoms with Gasteiger partial charge in [-0.3, -0.25) is 4.79 Å². The Balaban J connectivity index is 1.78. The summed E-state index contributed by atoms with van der Waals surface area (Å²) in [6, 6.07) is 10.3. The molecule has 1 fully saturated rings. The molecule has 0 radical (unpaired) electrons. The van der Waals surface area contributed by atoms with Crippen molar-refractivity contribution in [3.63, 3.8) is 0 Å². The fraction of sp³-hybridized carbons (Fsp3) is 0.312. The zero-order chi connectivity index (χ0) is 15.5. The van der Waals surface area contributed by atoms with Gasteiger partial charge in [-0.2, -0.15) is 0 Å². The molecule has 1 unspecified atom stereocenters. The summed E-state index contributed by atoms with van der Waals surface area (Å²) in [7, 11) is 0. The average molecular weight is 383 g/mol. The maximum absolute atomic E-state index is 13.5. The average Bonchev–Trinajstić information content (AvgIpc) is 2.92. The molecular formula is C16H16BrFN2OS. The number of rotatable bonds is 3. The lowest BCUT2D eigenvalue weighted by Crippen LogP contribution is -2.49. The van der Waals surface area contributed by atoms with E-state index in [1.807, 2.05) is 23.1 Å². The molecule has 1 aliphatic rings. The van der Waals surface area contributed by atoms with Gasteiger partial charge in [0, 0.05) is 24.5 Å². The molecule has 0 spiro atoms. The van der Waals surface area contributed by atoms with Crippen molar-refractivity contribution in [2.24, 2.45) is 0 Å². The van der Waals surface area contributed by atoms with E-state index in [0.717, 1.165) is 20.8 Å². The number of hydrogen-bond acceptors (Lipinski definition) is 3. The highest BCUT2D eigenvalue weighted by atomic mass is 79.9. The summed E-state index contributed by atoms with van der Waals surface area (Å²) in [6.45, 7) is 2.07. The van der Waals surface area contributed by atoms with E-state index in [2.05, 4.69) is 21.2 Å². The van der Waals surface area contributed by atoms with Crippen LogP contribution in [0.4, 0.5) is 4.39 Å². The van der Waals surface area contributed by atoms with Gasteiger partial charge in [-0.15, -0.1) is 11.3 Å². The number of piperazine rings is 1. The third kappa shape index (κ3) is 3.56. The van der Waals surface area contributed by atoms with Crippen LogP contribution in [-0.4, -0.2) is 30.4 Å². The fourth-order valence-electron chi connectivity index (χ4n) is 2.71. The Bertz CT molecular complexity index is 676. The van der Waals surface area contributed by atoms with Crippen molar-refractivity contribution in [2.75, 3.05) is 19.6 Å². The topological polar surface area (TPSA) is 32.3 Å². The smallest absolute Gasteiger partial charge is 0.228 e. The van der Waals surface area contributed by atoms with Crippen molar-refractivity contribution in [1.82, 2.24) is 10.2 Å². The van der Waals surface area contributed by atoms with Crippen LogP contribution in [-0.2, 0) is 11.2 Å². The molecular weight excluding hydrogens is 367 g/mol. The van der Waals surface area contributed by atoms with Gasteiger partial charge in [0.05, 0.1) is 16.2 Å². The number of amides is 1. The molecule has 1 aromatic carbocycles.